The molecule has 0 amide bonds. The minimum atomic E-state index is -0.895. The standard InChI is InChI=1S/C17H10NS.C11H9N.Ir/c1-2-10-16-12(6-1)13-7-5-8-14(17(13)19-16)15-9-3-4-11-18-15;1-2-3-9-11(12)10-7-5-4-6-8-10;/h1-7,9-11H;2-7,9H,1H2;/q-1;-2;+3/b;9-3-;/i3D,9D;1D,2D,3D,4D,5D,6D,7D,9D;/b;2-1?,9-3-;. The minimum Gasteiger partial charge on any atom is -0.855 e. The fourth-order valence-electron chi connectivity index (χ4n) is 2.81. The average Bonchev–Trinajstić information content (AvgIpc) is 3.37. The van der Waals surface area contributed by atoms with Crippen molar-refractivity contribution >= 4 is 37.2 Å². The maximum Gasteiger partial charge on any atom is 3.00 e. The minimum absolute atomic E-state index is 0. The number of hydrogen-bond donors (Lipinski definition) is 0. The molecule has 156 valence electrons. The van der Waals surface area contributed by atoms with Gasteiger partial charge in [-0.2, -0.15) is 16.9 Å². The van der Waals surface area contributed by atoms with E-state index in [2.05, 4.69) is 29.2 Å². The summed E-state index contributed by atoms with van der Waals surface area (Å²) in [4.78, 5) is 4.30. The van der Waals surface area contributed by atoms with Crippen molar-refractivity contribution < 1.29 is 33.8 Å². The fraction of sp³-hybridized carbons (Fsp3) is 0. The molecule has 5 aromatic rings. The molecule has 0 atom stereocenters. The van der Waals surface area contributed by atoms with Gasteiger partial charge in [0.05, 0.1) is 6.85 Å². The second-order valence-corrected chi connectivity index (χ2v) is 7.05. The van der Waals surface area contributed by atoms with E-state index < -0.39 is 53.6 Å². The zero-order valence-corrected chi connectivity index (χ0v) is 19.5. The maximum atomic E-state index is 9.82. The number of aromatic nitrogens is 1. The van der Waals surface area contributed by atoms with Crippen LogP contribution >= 0.6 is 11.3 Å². The van der Waals surface area contributed by atoms with Gasteiger partial charge in [-0.25, -0.2) is 5.71 Å². The van der Waals surface area contributed by atoms with Crippen molar-refractivity contribution in [2.24, 2.45) is 0 Å². The van der Waals surface area contributed by atoms with Crippen molar-refractivity contribution in [1.82, 2.24) is 4.98 Å². The van der Waals surface area contributed by atoms with Crippen molar-refractivity contribution in [2.45, 2.75) is 0 Å². The average molecular weight is 618 g/mol. The topological polar surface area (TPSA) is 35.2 Å². The van der Waals surface area contributed by atoms with E-state index >= 15 is 0 Å². The van der Waals surface area contributed by atoms with Gasteiger partial charge in [0.25, 0.3) is 0 Å². The number of thiophene rings is 1. The first-order valence-electron chi connectivity index (χ1n) is 14.1. The van der Waals surface area contributed by atoms with Crippen LogP contribution in [0, 0.1) is 12.1 Å². The Morgan fingerprint density at radius 3 is 2.94 bits per heavy atom. The Labute approximate surface area is 219 Å². The van der Waals surface area contributed by atoms with Gasteiger partial charge in [-0.1, -0.05) is 54.3 Å². The predicted molar refractivity (Wildman–Crippen MR) is 133 cm³/mol. The SMILES string of the molecule is [2H]C=C([2H])/C([2H])=C(/[2H])C(=[N-])c1[c-]c([2H])c([2H])c([2H])c1[2H].[2H]c1ccnc(-c2[c-]ccc3c2sc2ccccc23)c1[2H].[Ir+3]. The Balaban J connectivity index is 0.000000226. The Hall–Kier alpha value is -3.17. The molecule has 5 rings (SSSR count). The molecule has 0 fully saturated rings. The largest absolute Gasteiger partial charge is 3.00 e. The Morgan fingerprint density at radius 1 is 1.12 bits per heavy atom. The Morgan fingerprint density at radius 2 is 2.03 bits per heavy atom. The van der Waals surface area contributed by atoms with Crippen molar-refractivity contribution in [3.05, 3.63) is 133 Å². The summed E-state index contributed by atoms with van der Waals surface area (Å²) in [5.74, 6) is 0. The Kier molecular flexibility index (Phi) is 4.79. The fourth-order valence-corrected chi connectivity index (χ4v) is 4.01. The Bertz CT molecular complexity index is 1880. The van der Waals surface area contributed by atoms with E-state index in [1.165, 1.54) is 16.2 Å². The summed E-state index contributed by atoms with van der Waals surface area (Å²) in [5.41, 5.74) is -0.00964. The number of allylic oxidation sites excluding steroid dienone is 3. The van der Waals surface area contributed by atoms with Gasteiger partial charge in [0.15, 0.2) is 0 Å². The second kappa shape index (κ2) is 11.4. The molecule has 3 aromatic carbocycles. The van der Waals surface area contributed by atoms with Crippen LogP contribution in [0.3, 0.4) is 0 Å². The molecule has 0 bridgehead atoms. The second-order valence-electron chi connectivity index (χ2n) is 6.00. The molecule has 4 heteroatoms. The summed E-state index contributed by atoms with van der Waals surface area (Å²) >= 11 is 1.68. The van der Waals surface area contributed by atoms with Crippen LogP contribution in [-0.2, 0) is 20.1 Å². The number of rotatable bonds is 4. The van der Waals surface area contributed by atoms with E-state index in [4.69, 9.17) is 13.7 Å². The molecule has 0 saturated carbocycles. The first-order valence-corrected chi connectivity index (χ1v) is 9.83. The smallest absolute Gasteiger partial charge is 0.855 e. The molecular weight excluding hydrogens is 589 g/mol. The first kappa shape index (κ1) is 13.4. The quantitative estimate of drug-likeness (QED) is 0.117. The summed E-state index contributed by atoms with van der Waals surface area (Å²) in [6.45, 7) is 0.522. The number of benzene rings is 3. The molecule has 2 aromatic heterocycles. The van der Waals surface area contributed by atoms with Gasteiger partial charge < -0.3 is 10.4 Å². The maximum absolute atomic E-state index is 9.82. The third-order valence-corrected chi connectivity index (χ3v) is 5.32. The van der Waals surface area contributed by atoms with E-state index in [1.54, 1.807) is 17.5 Å². The molecule has 0 radical (unpaired) electrons. The third kappa shape index (κ3) is 5.35. The van der Waals surface area contributed by atoms with E-state index in [1.807, 2.05) is 24.3 Å². The molecule has 0 N–H and O–H groups in total. The van der Waals surface area contributed by atoms with Crippen LogP contribution in [0.2, 0.25) is 0 Å². The summed E-state index contributed by atoms with van der Waals surface area (Å²) < 4.78 is 76.9. The van der Waals surface area contributed by atoms with Gasteiger partial charge in [-0.15, -0.1) is 60.1 Å². The van der Waals surface area contributed by atoms with Gasteiger partial charge in [-0.05, 0) is 30.7 Å². The number of nitrogens with zero attached hydrogens (tertiary/aromatic N) is 2. The van der Waals surface area contributed by atoms with Crippen molar-refractivity contribution in [3.8, 4) is 11.3 Å². The number of hydrogen-bond acceptors (Lipinski definition) is 2. The number of fused-ring (bicyclic) bond motifs is 3. The van der Waals surface area contributed by atoms with E-state index in [0.29, 0.717) is 12.2 Å². The molecule has 0 saturated heterocycles. The summed E-state index contributed by atoms with van der Waals surface area (Å²) in [6.07, 6.45) is 1.58. The molecule has 0 unspecified atom stereocenters. The van der Waals surface area contributed by atoms with Gasteiger partial charge >= 0.3 is 20.1 Å². The van der Waals surface area contributed by atoms with Crippen LogP contribution in [0.4, 0.5) is 0 Å². The monoisotopic (exact) mass is 618 g/mol. The van der Waals surface area contributed by atoms with Crippen molar-refractivity contribution in [3.63, 3.8) is 0 Å². The van der Waals surface area contributed by atoms with E-state index in [9.17, 15) is 5.41 Å². The normalized spacial score (nSPS) is 16.1. The summed E-state index contributed by atoms with van der Waals surface area (Å²) in [7, 11) is 0. The zero-order valence-electron chi connectivity index (χ0n) is 26.3. The molecule has 0 aliphatic heterocycles. The molecular formula is C28H19IrN2S. The van der Waals surface area contributed by atoms with Crippen LogP contribution in [0.1, 0.15) is 19.3 Å². The van der Waals surface area contributed by atoms with Gasteiger partial charge in [-0.3, -0.25) is 0 Å². The molecule has 0 aliphatic rings. The van der Waals surface area contributed by atoms with E-state index in [-0.39, 0.29) is 32.2 Å². The van der Waals surface area contributed by atoms with Gasteiger partial charge in [0.2, 0.25) is 0 Å². The van der Waals surface area contributed by atoms with Crippen LogP contribution in [0.25, 0.3) is 36.8 Å². The third-order valence-electron chi connectivity index (χ3n) is 4.12. The number of pyridine rings is 1. The molecule has 0 spiro atoms. The van der Waals surface area contributed by atoms with Crippen LogP contribution in [-0.4, -0.2) is 10.7 Å². The molecule has 2 nitrogen and oxygen atoms in total. The van der Waals surface area contributed by atoms with E-state index in [0.717, 1.165) is 15.6 Å². The first-order chi connectivity index (χ1) is 19.5. The zero-order chi connectivity index (χ0) is 30.0. The van der Waals surface area contributed by atoms with Crippen LogP contribution in [0.15, 0.2) is 110 Å². The van der Waals surface area contributed by atoms with Crippen molar-refractivity contribution in [2.75, 3.05) is 0 Å². The summed E-state index contributed by atoms with van der Waals surface area (Å²) in [6, 6.07) is 15.0. The molecule has 0 aliphatic carbocycles. The van der Waals surface area contributed by atoms with Gasteiger partial charge in [0, 0.05) is 15.0 Å². The van der Waals surface area contributed by atoms with Gasteiger partial charge in [0.1, 0.15) is 0 Å². The summed E-state index contributed by atoms with van der Waals surface area (Å²) in [5, 5.41) is 12.2. The van der Waals surface area contributed by atoms with Crippen LogP contribution < -0.4 is 0 Å². The molecule has 32 heavy (non-hydrogen) atoms. The van der Waals surface area contributed by atoms with Crippen LogP contribution in [0.5, 0.6) is 0 Å². The molecule has 2 heterocycles. The predicted octanol–water partition coefficient (Wildman–Crippen LogP) is 7.50. The van der Waals surface area contributed by atoms with Crippen molar-refractivity contribution in [1.29, 1.82) is 0 Å².